The maximum atomic E-state index is 13.0. The van der Waals surface area contributed by atoms with E-state index < -0.39 is 37.1 Å². The van der Waals surface area contributed by atoms with Crippen LogP contribution in [0, 0.1) is 13.8 Å². The maximum absolute atomic E-state index is 13.0. The smallest absolute Gasteiger partial charge is 0.399 e. The van der Waals surface area contributed by atoms with Crippen molar-refractivity contribution in [3.05, 3.63) is 28.8 Å². The van der Waals surface area contributed by atoms with Gasteiger partial charge in [0.15, 0.2) is 0 Å². The van der Waals surface area contributed by atoms with Crippen molar-refractivity contribution in [3.8, 4) is 0 Å². The topological polar surface area (TPSA) is 18.5 Å². The van der Waals surface area contributed by atoms with Gasteiger partial charge in [0.25, 0.3) is 12.9 Å². The molecular formula is C17H23BF4O2. The maximum Gasteiger partial charge on any atom is 0.495 e. The van der Waals surface area contributed by atoms with Crippen LogP contribution in [0.15, 0.2) is 12.1 Å². The summed E-state index contributed by atoms with van der Waals surface area (Å²) in [6.45, 7) is 11.0. The summed E-state index contributed by atoms with van der Waals surface area (Å²) in [4.78, 5) is 0. The van der Waals surface area contributed by atoms with Gasteiger partial charge < -0.3 is 9.31 Å². The summed E-state index contributed by atoms with van der Waals surface area (Å²) in [6.07, 6.45) is -6.24. The lowest BCUT2D eigenvalue weighted by Crippen LogP contribution is -2.41. The van der Waals surface area contributed by atoms with Crippen LogP contribution in [-0.2, 0) is 9.31 Å². The first-order chi connectivity index (χ1) is 10.9. The Hall–Kier alpha value is -1.08. The van der Waals surface area contributed by atoms with Crippen molar-refractivity contribution in [1.82, 2.24) is 0 Å². The van der Waals surface area contributed by atoms with Gasteiger partial charge in [0.1, 0.15) is 5.92 Å². The van der Waals surface area contributed by atoms with Crippen molar-refractivity contribution in [2.24, 2.45) is 0 Å². The molecule has 0 spiro atoms. The summed E-state index contributed by atoms with van der Waals surface area (Å²) < 4.78 is 63.9. The number of hydrogen-bond donors (Lipinski definition) is 0. The molecule has 0 atom stereocenters. The van der Waals surface area contributed by atoms with Gasteiger partial charge in [-0.15, -0.1) is 0 Å². The van der Waals surface area contributed by atoms with E-state index in [1.165, 1.54) is 12.1 Å². The van der Waals surface area contributed by atoms with Gasteiger partial charge in [-0.1, -0.05) is 23.3 Å². The molecule has 0 bridgehead atoms. The Morgan fingerprint density at radius 2 is 1.21 bits per heavy atom. The van der Waals surface area contributed by atoms with Crippen LogP contribution < -0.4 is 5.46 Å². The molecule has 0 amide bonds. The van der Waals surface area contributed by atoms with E-state index in [2.05, 4.69) is 0 Å². The first kappa shape index (κ1) is 19.3. The van der Waals surface area contributed by atoms with Crippen LogP contribution in [0.25, 0.3) is 0 Å². The predicted octanol–water partition coefficient (Wildman–Crippen LogP) is 4.22. The summed E-state index contributed by atoms with van der Waals surface area (Å²) in [6, 6.07) is 2.77. The minimum Gasteiger partial charge on any atom is -0.399 e. The normalized spacial score (nSPS) is 19.8. The second kappa shape index (κ2) is 6.34. The zero-order chi connectivity index (χ0) is 18.4. The summed E-state index contributed by atoms with van der Waals surface area (Å²) in [5, 5.41) is 0. The molecule has 1 saturated heterocycles. The van der Waals surface area contributed by atoms with Crippen molar-refractivity contribution in [2.45, 2.75) is 71.5 Å². The molecule has 1 aromatic carbocycles. The van der Waals surface area contributed by atoms with E-state index in [4.69, 9.17) is 9.31 Å². The molecule has 134 valence electrons. The number of benzene rings is 1. The standard InChI is InChI=1S/C17H23BF4O2/c1-9-7-11(12(14(19)20)15(21)22)8-10(2)13(9)18-23-16(3,4)17(5,6)24-18/h7-8,12,14-15H,1-6H3. The fraction of sp³-hybridized carbons (Fsp3) is 0.647. The second-order valence-electron chi connectivity index (χ2n) is 7.35. The monoisotopic (exact) mass is 346 g/mol. The first-order valence-electron chi connectivity index (χ1n) is 7.90. The molecule has 0 radical (unpaired) electrons. The lowest BCUT2D eigenvalue weighted by Gasteiger charge is -2.32. The van der Waals surface area contributed by atoms with Crippen LogP contribution in [0.5, 0.6) is 0 Å². The zero-order valence-corrected chi connectivity index (χ0v) is 14.8. The van der Waals surface area contributed by atoms with Gasteiger partial charge in [0.2, 0.25) is 0 Å². The molecular weight excluding hydrogens is 323 g/mol. The van der Waals surface area contributed by atoms with Crippen molar-refractivity contribution < 1.29 is 26.9 Å². The largest absolute Gasteiger partial charge is 0.495 e. The Labute approximate surface area is 140 Å². The van der Waals surface area contributed by atoms with Crippen LogP contribution in [0.4, 0.5) is 17.6 Å². The number of aryl methyl sites for hydroxylation is 2. The van der Waals surface area contributed by atoms with Crippen molar-refractivity contribution >= 4 is 12.6 Å². The summed E-state index contributed by atoms with van der Waals surface area (Å²) in [5.74, 6) is -2.09. The van der Waals surface area contributed by atoms with E-state index in [0.717, 1.165) is 0 Å². The van der Waals surface area contributed by atoms with E-state index in [1.54, 1.807) is 13.8 Å². The Morgan fingerprint density at radius 1 is 0.833 bits per heavy atom. The molecule has 24 heavy (non-hydrogen) atoms. The fourth-order valence-electron chi connectivity index (χ4n) is 2.93. The highest BCUT2D eigenvalue weighted by Gasteiger charge is 2.52. The van der Waals surface area contributed by atoms with Gasteiger partial charge in [-0.05, 0) is 52.6 Å². The molecule has 0 saturated carbocycles. The van der Waals surface area contributed by atoms with Gasteiger partial charge >= 0.3 is 7.12 Å². The Balaban J connectivity index is 2.42. The lowest BCUT2D eigenvalue weighted by atomic mass is 9.72. The molecule has 2 rings (SSSR count). The number of halogens is 4. The van der Waals surface area contributed by atoms with Gasteiger partial charge in [0.05, 0.1) is 11.2 Å². The summed E-state index contributed by atoms with van der Waals surface area (Å²) in [7, 11) is -0.652. The van der Waals surface area contributed by atoms with Crippen LogP contribution >= 0.6 is 0 Å². The molecule has 1 heterocycles. The second-order valence-corrected chi connectivity index (χ2v) is 7.35. The Morgan fingerprint density at radius 3 is 1.54 bits per heavy atom. The third-order valence-corrected chi connectivity index (χ3v) is 5.03. The van der Waals surface area contributed by atoms with E-state index in [1.807, 2.05) is 27.7 Å². The van der Waals surface area contributed by atoms with E-state index in [-0.39, 0.29) is 5.56 Å². The Bertz CT molecular complexity index is 570. The molecule has 0 N–H and O–H groups in total. The number of rotatable bonds is 4. The average molecular weight is 346 g/mol. The van der Waals surface area contributed by atoms with Crippen LogP contribution in [0.3, 0.4) is 0 Å². The number of alkyl halides is 4. The first-order valence-corrected chi connectivity index (χ1v) is 7.90. The molecule has 7 heteroatoms. The molecule has 1 aliphatic heterocycles. The van der Waals surface area contributed by atoms with Crippen molar-refractivity contribution in [1.29, 1.82) is 0 Å². The number of hydrogen-bond acceptors (Lipinski definition) is 2. The SMILES string of the molecule is Cc1cc(C(C(F)F)C(F)F)cc(C)c1B1OC(C)(C)C(C)(C)O1. The average Bonchev–Trinajstić information content (AvgIpc) is 2.55. The molecule has 1 aliphatic rings. The third-order valence-electron chi connectivity index (χ3n) is 5.03. The van der Waals surface area contributed by atoms with E-state index >= 15 is 0 Å². The molecule has 0 aromatic heterocycles. The molecule has 2 nitrogen and oxygen atoms in total. The molecule has 1 aromatic rings. The van der Waals surface area contributed by atoms with Crippen LogP contribution in [0.2, 0.25) is 0 Å². The van der Waals surface area contributed by atoms with Crippen LogP contribution in [0.1, 0.15) is 50.3 Å². The predicted molar refractivity (Wildman–Crippen MR) is 86.4 cm³/mol. The summed E-state index contributed by atoms with van der Waals surface area (Å²) >= 11 is 0. The highest BCUT2D eigenvalue weighted by molar-refractivity contribution is 6.63. The highest BCUT2D eigenvalue weighted by atomic mass is 19.3. The highest BCUT2D eigenvalue weighted by Crippen LogP contribution is 2.37. The Kier molecular flexibility index (Phi) is 5.08. The fourth-order valence-corrected chi connectivity index (χ4v) is 2.93. The zero-order valence-electron chi connectivity index (χ0n) is 14.8. The third kappa shape index (κ3) is 3.33. The van der Waals surface area contributed by atoms with Gasteiger partial charge in [-0.3, -0.25) is 0 Å². The molecule has 0 aliphatic carbocycles. The van der Waals surface area contributed by atoms with E-state index in [9.17, 15) is 17.6 Å². The molecule has 1 fully saturated rings. The summed E-state index contributed by atoms with van der Waals surface area (Å²) in [5.41, 5.74) is 0.785. The van der Waals surface area contributed by atoms with Gasteiger partial charge in [-0.2, -0.15) is 0 Å². The van der Waals surface area contributed by atoms with Gasteiger partial charge in [0, 0.05) is 0 Å². The van der Waals surface area contributed by atoms with Crippen LogP contribution in [-0.4, -0.2) is 31.2 Å². The van der Waals surface area contributed by atoms with Crippen molar-refractivity contribution in [3.63, 3.8) is 0 Å². The van der Waals surface area contributed by atoms with Gasteiger partial charge in [-0.25, -0.2) is 17.6 Å². The quantitative estimate of drug-likeness (QED) is 0.601. The minimum atomic E-state index is -3.12. The lowest BCUT2D eigenvalue weighted by molar-refractivity contribution is 0.00578. The minimum absolute atomic E-state index is 0.0599. The van der Waals surface area contributed by atoms with Crippen molar-refractivity contribution in [2.75, 3.05) is 0 Å². The van der Waals surface area contributed by atoms with E-state index in [0.29, 0.717) is 16.6 Å². The molecule has 0 unspecified atom stereocenters.